The predicted molar refractivity (Wildman–Crippen MR) is 82.5 cm³/mol. The van der Waals surface area contributed by atoms with Crippen LogP contribution in [-0.4, -0.2) is 46.8 Å². The van der Waals surface area contributed by atoms with Gasteiger partial charge in [0, 0.05) is 26.8 Å². The highest BCUT2D eigenvalue weighted by atomic mass is 16.5. The summed E-state index contributed by atoms with van der Waals surface area (Å²) in [7, 11) is 3.29. The Morgan fingerprint density at radius 1 is 1.48 bits per heavy atom. The van der Waals surface area contributed by atoms with Crippen LogP contribution in [0.3, 0.4) is 0 Å². The third-order valence-electron chi connectivity index (χ3n) is 3.35. The largest absolute Gasteiger partial charge is 0.382 e. The van der Waals surface area contributed by atoms with E-state index in [0.717, 1.165) is 5.69 Å². The van der Waals surface area contributed by atoms with E-state index < -0.39 is 0 Å². The topological polar surface area (TPSA) is 93.4 Å². The first-order valence-corrected chi connectivity index (χ1v) is 7.37. The van der Waals surface area contributed by atoms with E-state index in [4.69, 9.17) is 9.26 Å². The molecule has 8 heteroatoms. The molecule has 0 aliphatic carbocycles. The number of nitrogens with one attached hydrogen (secondary N) is 1. The Kier molecular flexibility index (Phi) is 6.04. The van der Waals surface area contributed by atoms with Crippen molar-refractivity contribution in [3.05, 3.63) is 41.8 Å². The molecule has 0 spiro atoms. The molecule has 1 N–H and O–H groups in total. The third-order valence-corrected chi connectivity index (χ3v) is 3.35. The van der Waals surface area contributed by atoms with Crippen molar-refractivity contribution in [2.75, 3.05) is 20.8 Å². The van der Waals surface area contributed by atoms with Gasteiger partial charge in [0.15, 0.2) is 5.82 Å². The van der Waals surface area contributed by atoms with E-state index in [1.54, 1.807) is 25.3 Å². The molecule has 0 aliphatic heterocycles. The zero-order valence-electron chi connectivity index (χ0n) is 13.5. The molecule has 124 valence electrons. The van der Waals surface area contributed by atoms with Crippen LogP contribution in [0.1, 0.15) is 30.4 Å². The summed E-state index contributed by atoms with van der Waals surface area (Å²) >= 11 is 0. The van der Waals surface area contributed by atoms with Crippen molar-refractivity contribution in [3.8, 4) is 0 Å². The number of aryl methyl sites for hydroxylation is 1. The fourth-order valence-corrected chi connectivity index (χ4v) is 2.05. The molecule has 2 heterocycles. The SMILES string of the molecule is CCc1nc(CNC(=O)N(C)C(COC)c2ccccn2)no1. The molecule has 0 aliphatic rings. The summed E-state index contributed by atoms with van der Waals surface area (Å²) in [4.78, 5) is 22.3. The van der Waals surface area contributed by atoms with E-state index in [1.807, 2.05) is 25.1 Å². The second-order valence-electron chi connectivity index (χ2n) is 4.95. The summed E-state index contributed by atoms with van der Waals surface area (Å²) in [6, 6.07) is 5.02. The van der Waals surface area contributed by atoms with E-state index in [0.29, 0.717) is 24.7 Å². The molecule has 2 rings (SSSR count). The fourth-order valence-electron chi connectivity index (χ4n) is 2.05. The number of aromatic nitrogens is 3. The van der Waals surface area contributed by atoms with Crippen molar-refractivity contribution >= 4 is 6.03 Å². The molecule has 0 radical (unpaired) electrons. The van der Waals surface area contributed by atoms with Crippen LogP contribution in [0.15, 0.2) is 28.9 Å². The lowest BCUT2D eigenvalue weighted by Gasteiger charge is -2.27. The van der Waals surface area contributed by atoms with Crippen LogP contribution in [0.25, 0.3) is 0 Å². The molecule has 0 fully saturated rings. The number of hydrogen-bond acceptors (Lipinski definition) is 6. The maximum absolute atomic E-state index is 12.3. The molecule has 2 amide bonds. The van der Waals surface area contributed by atoms with Gasteiger partial charge < -0.3 is 19.5 Å². The molecule has 0 bridgehead atoms. The number of pyridine rings is 1. The molecule has 1 unspecified atom stereocenters. The molecule has 0 saturated carbocycles. The van der Waals surface area contributed by atoms with Gasteiger partial charge in [-0.15, -0.1) is 0 Å². The second kappa shape index (κ2) is 8.23. The van der Waals surface area contributed by atoms with Crippen LogP contribution in [0.2, 0.25) is 0 Å². The van der Waals surface area contributed by atoms with Gasteiger partial charge in [-0.05, 0) is 12.1 Å². The van der Waals surface area contributed by atoms with Crippen molar-refractivity contribution in [1.29, 1.82) is 0 Å². The Morgan fingerprint density at radius 2 is 2.30 bits per heavy atom. The molecule has 2 aromatic rings. The number of carbonyl (C=O) groups is 1. The highest BCUT2D eigenvalue weighted by Gasteiger charge is 2.22. The average Bonchev–Trinajstić information content (AvgIpc) is 3.06. The zero-order valence-corrected chi connectivity index (χ0v) is 13.5. The maximum atomic E-state index is 12.3. The summed E-state index contributed by atoms with van der Waals surface area (Å²) in [5, 5.41) is 6.56. The fraction of sp³-hybridized carbons (Fsp3) is 0.467. The van der Waals surface area contributed by atoms with Gasteiger partial charge in [0.1, 0.15) is 0 Å². The van der Waals surface area contributed by atoms with Crippen molar-refractivity contribution in [2.45, 2.75) is 25.9 Å². The van der Waals surface area contributed by atoms with Crippen LogP contribution in [0.4, 0.5) is 4.79 Å². The van der Waals surface area contributed by atoms with Gasteiger partial charge in [-0.25, -0.2) is 4.79 Å². The standard InChI is InChI=1S/C15H21N5O3/c1-4-14-18-13(19-23-14)9-17-15(21)20(2)12(10-22-3)11-7-5-6-8-16-11/h5-8,12H,4,9-10H2,1-3H3,(H,17,21). The normalized spacial score (nSPS) is 12.0. The maximum Gasteiger partial charge on any atom is 0.318 e. The van der Waals surface area contributed by atoms with Crippen LogP contribution in [0.5, 0.6) is 0 Å². The molecule has 0 saturated heterocycles. The van der Waals surface area contributed by atoms with Crippen LogP contribution < -0.4 is 5.32 Å². The Balaban J connectivity index is 1.98. The van der Waals surface area contributed by atoms with E-state index in [2.05, 4.69) is 20.4 Å². The zero-order chi connectivity index (χ0) is 16.7. The van der Waals surface area contributed by atoms with Crippen molar-refractivity contribution in [2.24, 2.45) is 0 Å². The van der Waals surface area contributed by atoms with Crippen molar-refractivity contribution in [3.63, 3.8) is 0 Å². The molecule has 8 nitrogen and oxygen atoms in total. The highest BCUT2D eigenvalue weighted by Crippen LogP contribution is 2.17. The van der Waals surface area contributed by atoms with Gasteiger partial charge in [-0.1, -0.05) is 18.1 Å². The lowest BCUT2D eigenvalue weighted by molar-refractivity contribution is 0.114. The minimum atomic E-state index is -0.280. The molecule has 1 atom stereocenters. The number of amides is 2. The van der Waals surface area contributed by atoms with Gasteiger partial charge >= 0.3 is 6.03 Å². The van der Waals surface area contributed by atoms with Crippen LogP contribution in [-0.2, 0) is 17.7 Å². The molecular weight excluding hydrogens is 298 g/mol. The third kappa shape index (κ3) is 4.49. The summed E-state index contributed by atoms with van der Waals surface area (Å²) < 4.78 is 10.2. The number of rotatable bonds is 7. The number of nitrogens with zero attached hydrogens (tertiary/aromatic N) is 4. The minimum absolute atomic E-state index is 0.203. The average molecular weight is 319 g/mol. The highest BCUT2D eigenvalue weighted by molar-refractivity contribution is 5.74. The summed E-state index contributed by atoms with van der Waals surface area (Å²) in [5.41, 5.74) is 0.764. The number of ether oxygens (including phenoxy) is 1. The Bertz CT molecular complexity index is 617. The number of carbonyl (C=O) groups excluding carboxylic acids is 1. The molecular formula is C15H21N5O3. The second-order valence-corrected chi connectivity index (χ2v) is 4.95. The Labute approximate surface area is 134 Å². The Hall–Kier alpha value is -2.48. The number of hydrogen-bond donors (Lipinski definition) is 1. The van der Waals surface area contributed by atoms with E-state index in [-0.39, 0.29) is 18.6 Å². The van der Waals surface area contributed by atoms with Gasteiger partial charge in [0.25, 0.3) is 0 Å². The molecule has 0 aromatic carbocycles. The molecule has 2 aromatic heterocycles. The minimum Gasteiger partial charge on any atom is -0.382 e. The lowest BCUT2D eigenvalue weighted by Crippen LogP contribution is -2.41. The first-order valence-electron chi connectivity index (χ1n) is 7.37. The lowest BCUT2D eigenvalue weighted by atomic mass is 10.2. The van der Waals surface area contributed by atoms with E-state index in [1.165, 1.54) is 0 Å². The van der Waals surface area contributed by atoms with Gasteiger partial charge in [-0.2, -0.15) is 4.98 Å². The summed E-state index contributed by atoms with van der Waals surface area (Å²) in [6.07, 6.45) is 2.35. The van der Waals surface area contributed by atoms with Crippen LogP contribution in [0, 0.1) is 0 Å². The smallest absolute Gasteiger partial charge is 0.318 e. The predicted octanol–water partition coefficient (Wildman–Crippen LogP) is 1.56. The summed E-state index contributed by atoms with van der Waals surface area (Å²) in [6.45, 7) is 2.48. The van der Waals surface area contributed by atoms with Gasteiger partial charge in [-0.3, -0.25) is 4.98 Å². The van der Waals surface area contributed by atoms with Gasteiger partial charge in [0.05, 0.1) is 24.9 Å². The van der Waals surface area contributed by atoms with E-state index >= 15 is 0 Å². The quantitative estimate of drug-likeness (QED) is 0.832. The van der Waals surface area contributed by atoms with Crippen molar-refractivity contribution in [1.82, 2.24) is 25.3 Å². The first-order chi connectivity index (χ1) is 11.2. The summed E-state index contributed by atoms with van der Waals surface area (Å²) in [5.74, 6) is 0.998. The number of methoxy groups -OCH3 is 1. The van der Waals surface area contributed by atoms with Crippen LogP contribution >= 0.6 is 0 Å². The first kappa shape index (κ1) is 16.9. The Morgan fingerprint density at radius 3 is 2.91 bits per heavy atom. The monoisotopic (exact) mass is 319 g/mol. The van der Waals surface area contributed by atoms with E-state index in [9.17, 15) is 4.79 Å². The number of likely N-dealkylation sites (N-methyl/N-ethyl adjacent to an activating group) is 1. The molecule has 23 heavy (non-hydrogen) atoms. The van der Waals surface area contributed by atoms with Crippen molar-refractivity contribution < 1.29 is 14.1 Å². The number of urea groups is 1. The van der Waals surface area contributed by atoms with Gasteiger partial charge in [0.2, 0.25) is 5.89 Å².